The molecule has 0 saturated heterocycles. The molecular formula is C19H22Cl2N2. The SMILES string of the molecule is CC(C1=Cc2c(Cl)ccc3c2C(C)(CCC3)C1)n1ccnc1.Cl. The molecule has 0 amide bonds. The van der Waals surface area contributed by atoms with Gasteiger partial charge >= 0.3 is 0 Å². The lowest BCUT2D eigenvalue weighted by molar-refractivity contribution is 0.372. The van der Waals surface area contributed by atoms with Crippen LogP contribution >= 0.6 is 24.0 Å². The van der Waals surface area contributed by atoms with Gasteiger partial charge in [-0.3, -0.25) is 0 Å². The summed E-state index contributed by atoms with van der Waals surface area (Å²) in [5, 5.41) is 0.891. The standard InChI is InChI=1S/C19H21ClN2.ClH/c1-13(22-9-8-21-12-22)15-10-16-17(20)6-5-14-4-3-7-19(2,11-15)18(14)16;/h5-6,8-10,12-13H,3-4,7,11H2,1-2H3;1H. The average Bonchev–Trinajstić information content (AvgIpc) is 3.03. The van der Waals surface area contributed by atoms with Crippen molar-refractivity contribution >= 4 is 30.1 Å². The lowest BCUT2D eigenvalue weighted by atomic mass is 9.63. The van der Waals surface area contributed by atoms with Gasteiger partial charge in [-0.1, -0.05) is 30.7 Å². The van der Waals surface area contributed by atoms with E-state index in [0.29, 0.717) is 6.04 Å². The quantitative estimate of drug-likeness (QED) is 0.690. The van der Waals surface area contributed by atoms with Crippen molar-refractivity contribution in [3.63, 3.8) is 0 Å². The molecule has 0 N–H and O–H groups in total. The van der Waals surface area contributed by atoms with Crippen LogP contribution in [0.1, 0.15) is 55.8 Å². The Labute approximate surface area is 149 Å². The van der Waals surface area contributed by atoms with Gasteiger partial charge in [0.25, 0.3) is 0 Å². The second-order valence-corrected chi connectivity index (χ2v) is 7.40. The molecule has 122 valence electrons. The fourth-order valence-corrected chi connectivity index (χ4v) is 4.53. The number of hydrogen-bond donors (Lipinski definition) is 0. The maximum Gasteiger partial charge on any atom is 0.0951 e. The van der Waals surface area contributed by atoms with E-state index in [1.54, 1.807) is 0 Å². The topological polar surface area (TPSA) is 17.8 Å². The summed E-state index contributed by atoms with van der Waals surface area (Å²) in [6, 6.07) is 4.63. The molecule has 2 atom stereocenters. The van der Waals surface area contributed by atoms with E-state index >= 15 is 0 Å². The fraction of sp³-hybridized carbons (Fsp3) is 0.421. The highest BCUT2D eigenvalue weighted by atomic mass is 35.5. The van der Waals surface area contributed by atoms with Crippen LogP contribution in [0.25, 0.3) is 6.08 Å². The van der Waals surface area contributed by atoms with E-state index in [0.717, 1.165) is 11.4 Å². The number of nitrogens with zero attached hydrogens (tertiary/aromatic N) is 2. The highest BCUT2D eigenvalue weighted by molar-refractivity contribution is 6.32. The summed E-state index contributed by atoms with van der Waals surface area (Å²) in [7, 11) is 0. The van der Waals surface area contributed by atoms with Crippen LogP contribution in [-0.2, 0) is 11.8 Å². The summed E-state index contributed by atoms with van der Waals surface area (Å²) >= 11 is 6.55. The van der Waals surface area contributed by atoms with E-state index in [4.69, 9.17) is 11.6 Å². The molecule has 0 spiro atoms. The Hall–Kier alpha value is -1.25. The third-order valence-electron chi connectivity index (χ3n) is 5.49. The van der Waals surface area contributed by atoms with Crippen molar-refractivity contribution in [2.45, 2.75) is 51.0 Å². The van der Waals surface area contributed by atoms with Crippen LogP contribution in [0.2, 0.25) is 5.02 Å². The van der Waals surface area contributed by atoms with Crippen LogP contribution in [-0.4, -0.2) is 9.55 Å². The zero-order valence-electron chi connectivity index (χ0n) is 13.6. The van der Waals surface area contributed by atoms with E-state index in [1.165, 1.54) is 41.5 Å². The predicted octanol–water partition coefficient (Wildman–Crippen LogP) is 5.60. The molecule has 2 unspecified atom stereocenters. The summed E-state index contributed by atoms with van der Waals surface area (Å²) in [5.74, 6) is 0. The lowest BCUT2D eigenvalue weighted by Gasteiger charge is -2.42. The fourth-order valence-electron chi connectivity index (χ4n) is 4.32. The van der Waals surface area contributed by atoms with Crippen molar-refractivity contribution in [1.82, 2.24) is 9.55 Å². The molecule has 0 fully saturated rings. The molecule has 1 aromatic heterocycles. The first-order valence-corrected chi connectivity index (χ1v) is 8.46. The van der Waals surface area contributed by atoms with E-state index in [-0.39, 0.29) is 17.8 Å². The zero-order chi connectivity index (χ0) is 15.3. The molecule has 1 heterocycles. The predicted molar refractivity (Wildman–Crippen MR) is 98.5 cm³/mol. The summed E-state index contributed by atoms with van der Waals surface area (Å²) in [6.45, 7) is 4.67. The first-order valence-electron chi connectivity index (χ1n) is 8.08. The maximum absolute atomic E-state index is 6.55. The minimum atomic E-state index is 0. The second kappa shape index (κ2) is 5.99. The summed E-state index contributed by atoms with van der Waals surface area (Å²) in [6.07, 6.45) is 13.0. The number of rotatable bonds is 2. The number of halogens is 2. The first kappa shape index (κ1) is 16.6. The van der Waals surface area contributed by atoms with Gasteiger partial charge in [-0.2, -0.15) is 0 Å². The van der Waals surface area contributed by atoms with E-state index in [9.17, 15) is 0 Å². The van der Waals surface area contributed by atoms with E-state index < -0.39 is 0 Å². The molecular weight excluding hydrogens is 327 g/mol. The summed E-state index contributed by atoms with van der Waals surface area (Å²) < 4.78 is 2.18. The minimum Gasteiger partial charge on any atom is -0.331 e. The van der Waals surface area contributed by atoms with Gasteiger partial charge in [0.2, 0.25) is 0 Å². The normalized spacial score (nSPS) is 23.5. The molecule has 2 aromatic rings. The number of allylic oxidation sites excluding steroid dienone is 1. The van der Waals surface area contributed by atoms with Crippen molar-refractivity contribution in [1.29, 1.82) is 0 Å². The average molecular weight is 349 g/mol. The largest absolute Gasteiger partial charge is 0.331 e. The molecule has 2 aliphatic carbocycles. The number of benzene rings is 1. The molecule has 0 aliphatic heterocycles. The van der Waals surface area contributed by atoms with Crippen LogP contribution in [0.5, 0.6) is 0 Å². The Morgan fingerprint density at radius 2 is 2.17 bits per heavy atom. The van der Waals surface area contributed by atoms with Gasteiger partial charge in [0.05, 0.1) is 12.4 Å². The Kier molecular flexibility index (Phi) is 4.33. The molecule has 0 saturated carbocycles. The highest BCUT2D eigenvalue weighted by Crippen LogP contribution is 2.50. The molecule has 4 heteroatoms. The van der Waals surface area contributed by atoms with Crippen molar-refractivity contribution in [3.05, 3.63) is 58.1 Å². The van der Waals surface area contributed by atoms with Gasteiger partial charge in [0.15, 0.2) is 0 Å². The Bertz CT molecular complexity index is 749. The monoisotopic (exact) mass is 348 g/mol. The van der Waals surface area contributed by atoms with Crippen molar-refractivity contribution < 1.29 is 0 Å². The van der Waals surface area contributed by atoms with Gasteiger partial charge in [-0.15, -0.1) is 12.4 Å². The van der Waals surface area contributed by atoms with Crippen molar-refractivity contribution in [2.24, 2.45) is 0 Å². The van der Waals surface area contributed by atoms with E-state index in [1.807, 2.05) is 18.7 Å². The second-order valence-electron chi connectivity index (χ2n) is 6.99. The lowest BCUT2D eigenvalue weighted by Crippen LogP contribution is -2.32. The Balaban J connectivity index is 0.00000156. The number of aryl methyl sites for hydroxylation is 1. The highest BCUT2D eigenvalue weighted by Gasteiger charge is 2.38. The third kappa shape index (κ3) is 2.62. The number of hydrogen-bond acceptors (Lipinski definition) is 1. The summed E-state index contributed by atoms with van der Waals surface area (Å²) in [4.78, 5) is 4.19. The number of aromatic nitrogens is 2. The molecule has 0 bridgehead atoms. The molecule has 23 heavy (non-hydrogen) atoms. The van der Waals surface area contributed by atoms with Crippen LogP contribution in [0, 0.1) is 0 Å². The molecule has 1 aromatic carbocycles. The Morgan fingerprint density at radius 1 is 1.35 bits per heavy atom. The number of imidazole rings is 1. The molecule has 0 radical (unpaired) electrons. The molecule has 2 nitrogen and oxygen atoms in total. The van der Waals surface area contributed by atoms with Crippen molar-refractivity contribution in [2.75, 3.05) is 0 Å². The van der Waals surface area contributed by atoms with Gasteiger partial charge in [0.1, 0.15) is 0 Å². The summed E-state index contributed by atoms with van der Waals surface area (Å²) in [5.41, 5.74) is 5.95. The minimum absolute atomic E-state index is 0. The van der Waals surface area contributed by atoms with E-state index in [2.05, 4.69) is 41.6 Å². The van der Waals surface area contributed by atoms with Crippen LogP contribution < -0.4 is 0 Å². The maximum atomic E-state index is 6.55. The van der Waals surface area contributed by atoms with Crippen molar-refractivity contribution in [3.8, 4) is 0 Å². The zero-order valence-corrected chi connectivity index (χ0v) is 15.1. The van der Waals surface area contributed by atoms with Crippen LogP contribution in [0.3, 0.4) is 0 Å². The van der Waals surface area contributed by atoms with Gasteiger partial charge in [-0.05, 0) is 66.4 Å². The smallest absolute Gasteiger partial charge is 0.0951 e. The van der Waals surface area contributed by atoms with Crippen LogP contribution in [0.4, 0.5) is 0 Å². The third-order valence-corrected chi connectivity index (χ3v) is 5.82. The molecule has 2 aliphatic rings. The Morgan fingerprint density at radius 3 is 2.91 bits per heavy atom. The first-order chi connectivity index (χ1) is 10.6. The van der Waals surface area contributed by atoms with Gasteiger partial charge in [-0.25, -0.2) is 4.98 Å². The molecule has 4 rings (SSSR count). The van der Waals surface area contributed by atoms with Crippen LogP contribution in [0.15, 0.2) is 36.4 Å². The van der Waals surface area contributed by atoms with Gasteiger partial charge in [0, 0.05) is 17.4 Å². The van der Waals surface area contributed by atoms with Gasteiger partial charge < -0.3 is 4.57 Å².